The summed E-state index contributed by atoms with van der Waals surface area (Å²) in [4.78, 5) is 14.4. The van der Waals surface area contributed by atoms with Gasteiger partial charge in [0, 0.05) is 36.4 Å². The van der Waals surface area contributed by atoms with Crippen LogP contribution in [0.2, 0.25) is 0 Å². The molecule has 3 rings (SSSR count). The number of rotatable bonds is 4. The van der Waals surface area contributed by atoms with E-state index < -0.39 is 0 Å². The minimum absolute atomic E-state index is 0.232. The molecule has 1 aliphatic heterocycles. The van der Waals surface area contributed by atoms with Gasteiger partial charge in [0.25, 0.3) is 0 Å². The van der Waals surface area contributed by atoms with Gasteiger partial charge in [0.05, 0.1) is 11.5 Å². The molecule has 5 nitrogen and oxygen atoms in total. The van der Waals surface area contributed by atoms with Gasteiger partial charge in [0.1, 0.15) is 0 Å². The quantitative estimate of drug-likeness (QED) is 0.624. The molecule has 0 spiro atoms. The number of nitrogens with zero attached hydrogens (tertiary/aromatic N) is 3. The van der Waals surface area contributed by atoms with Gasteiger partial charge in [-0.15, -0.1) is 11.3 Å². The van der Waals surface area contributed by atoms with E-state index in [0.717, 1.165) is 35.8 Å². The van der Waals surface area contributed by atoms with Crippen LogP contribution >= 0.6 is 11.3 Å². The van der Waals surface area contributed by atoms with E-state index >= 15 is 0 Å². The molecule has 1 fully saturated rings. The van der Waals surface area contributed by atoms with Gasteiger partial charge in [-0.25, -0.2) is 0 Å². The van der Waals surface area contributed by atoms with E-state index in [1.54, 1.807) is 17.4 Å². The molecule has 0 radical (unpaired) electrons. The van der Waals surface area contributed by atoms with E-state index in [9.17, 15) is 10.1 Å². The molecular weight excluding hydrogens is 298 g/mol. The predicted molar refractivity (Wildman–Crippen MR) is 89.8 cm³/mol. The normalized spacial score (nSPS) is 16.3. The highest BCUT2D eigenvalue weighted by atomic mass is 32.1. The Morgan fingerprint density at radius 3 is 2.36 bits per heavy atom. The molecule has 0 aliphatic carbocycles. The maximum absolute atomic E-state index is 11.4. The zero-order chi connectivity index (χ0) is 15.4. The molecule has 2 aromatic heterocycles. The minimum atomic E-state index is -0.232. The molecule has 0 bridgehead atoms. The Morgan fingerprint density at radius 2 is 1.73 bits per heavy atom. The van der Waals surface area contributed by atoms with Crippen LogP contribution in [0.15, 0.2) is 30.6 Å². The van der Waals surface area contributed by atoms with Crippen molar-refractivity contribution >= 4 is 22.0 Å². The van der Waals surface area contributed by atoms with Crippen molar-refractivity contribution in [3.63, 3.8) is 0 Å². The SMILES string of the molecule is O=[N+]([O-])c1cc(Cn2cccc2)sc1N1CCCCCCC1. The second-order valence-electron chi connectivity index (χ2n) is 5.77. The lowest BCUT2D eigenvalue weighted by Crippen LogP contribution is -2.26. The Hall–Kier alpha value is -1.82. The van der Waals surface area contributed by atoms with Crippen molar-refractivity contribution in [3.05, 3.63) is 45.6 Å². The second-order valence-corrected chi connectivity index (χ2v) is 6.89. The fraction of sp³-hybridized carbons (Fsp3) is 0.500. The van der Waals surface area contributed by atoms with Gasteiger partial charge in [0.2, 0.25) is 0 Å². The van der Waals surface area contributed by atoms with Crippen molar-refractivity contribution in [1.29, 1.82) is 0 Å². The average Bonchev–Trinajstić information content (AvgIpc) is 3.08. The third-order valence-electron chi connectivity index (χ3n) is 4.09. The number of nitro groups is 1. The van der Waals surface area contributed by atoms with E-state index in [1.165, 1.54) is 19.3 Å². The summed E-state index contributed by atoms with van der Waals surface area (Å²) in [5, 5.41) is 12.3. The lowest BCUT2D eigenvalue weighted by atomic mass is 10.1. The first-order valence-electron chi connectivity index (χ1n) is 7.87. The molecular formula is C16H21N3O2S. The number of thiophene rings is 1. The second kappa shape index (κ2) is 6.96. The van der Waals surface area contributed by atoms with Gasteiger partial charge in [0.15, 0.2) is 5.00 Å². The first kappa shape index (κ1) is 15.1. The molecule has 1 saturated heterocycles. The highest BCUT2D eigenvalue weighted by Gasteiger charge is 2.24. The predicted octanol–water partition coefficient (Wildman–Crippen LogP) is 4.28. The van der Waals surface area contributed by atoms with Crippen molar-refractivity contribution in [2.75, 3.05) is 18.0 Å². The van der Waals surface area contributed by atoms with Crippen LogP contribution in [0.25, 0.3) is 0 Å². The Morgan fingerprint density at radius 1 is 1.09 bits per heavy atom. The molecule has 0 saturated carbocycles. The van der Waals surface area contributed by atoms with E-state index in [4.69, 9.17) is 0 Å². The van der Waals surface area contributed by atoms with Crippen LogP contribution in [-0.4, -0.2) is 22.6 Å². The molecule has 0 N–H and O–H groups in total. The highest BCUT2D eigenvalue weighted by Crippen LogP contribution is 2.38. The largest absolute Gasteiger partial charge is 0.358 e. The Kier molecular flexibility index (Phi) is 4.77. The van der Waals surface area contributed by atoms with Gasteiger partial charge in [-0.2, -0.15) is 0 Å². The van der Waals surface area contributed by atoms with Crippen LogP contribution in [0, 0.1) is 10.1 Å². The Bertz CT molecular complexity index is 613. The van der Waals surface area contributed by atoms with Gasteiger partial charge in [-0.3, -0.25) is 10.1 Å². The number of anilines is 1. The smallest absolute Gasteiger partial charge is 0.303 e. The van der Waals surface area contributed by atoms with E-state index in [-0.39, 0.29) is 10.6 Å². The van der Waals surface area contributed by atoms with Gasteiger partial charge < -0.3 is 9.47 Å². The zero-order valence-electron chi connectivity index (χ0n) is 12.6. The summed E-state index contributed by atoms with van der Waals surface area (Å²) in [7, 11) is 0. The van der Waals surface area contributed by atoms with Crippen LogP contribution < -0.4 is 4.90 Å². The number of aromatic nitrogens is 1. The van der Waals surface area contributed by atoms with E-state index in [0.29, 0.717) is 6.54 Å². The molecule has 2 aromatic rings. The fourth-order valence-corrected chi connectivity index (χ4v) is 4.14. The lowest BCUT2D eigenvalue weighted by molar-refractivity contribution is -0.383. The number of hydrogen-bond acceptors (Lipinski definition) is 4. The maximum Gasteiger partial charge on any atom is 0.303 e. The summed E-state index contributed by atoms with van der Waals surface area (Å²) in [6.07, 6.45) is 9.98. The molecule has 6 heteroatoms. The standard InChI is InChI=1S/C16H21N3O2S/c20-19(21)15-12-14(13-17-8-6-7-9-17)22-16(15)18-10-4-2-1-3-5-11-18/h6-9,12H,1-5,10-11,13H2. The fourth-order valence-electron chi connectivity index (χ4n) is 2.96. The van der Waals surface area contributed by atoms with E-state index in [1.807, 2.05) is 29.1 Å². The molecule has 3 heterocycles. The molecule has 1 aliphatic rings. The summed E-state index contributed by atoms with van der Waals surface area (Å²) in [6.45, 7) is 2.57. The minimum Gasteiger partial charge on any atom is -0.358 e. The summed E-state index contributed by atoms with van der Waals surface area (Å²) in [5.74, 6) is 0. The summed E-state index contributed by atoms with van der Waals surface area (Å²) < 4.78 is 2.05. The molecule has 22 heavy (non-hydrogen) atoms. The highest BCUT2D eigenvalue weighted by molar-refractivity contribution is 7.16. The van der Waals surface area contributed by atoms with Crippen molar-refractivity contribution in [2.24, 2.45) is 0 Å². The van der Waals surface area contributed by atoms with E-state index in [2.05, 4.69) is 4.90 Å². The summed E-state index contributed by atoms with van der Waals surface area (Å²) in [5.41, 5.74) is 0.271. The first-order chi connectivity index (χ1) is 10.7. The van der Waals surface area contributed by atoms with Crippen molar-refractivity contribution in [2.45, 2.75) is 38.6 Å². The first-order valence-corrected chi connectivity index (χ1v) is 8.68. The van der Waals surface area contributed by atoms with Crippen molar-refractivity contribution < 1.29 is 4.92 Å². The lowest BCUT2D eigenvalue weighted by Gasteiger charge is -2.24. The third-order valence-corrected chi connectivity index (χ3v) is 5.26. The van der Waals surface area contributed by atoms with Gasteiger partial charge in [-0.05, 0) is 25.0 Å². The van der Waals surface area contributed by atoms with Crippen LogP contribution in [0.4, 0.5) is 10.7 Å². The molecule has 0 atom stereocenters. The van der Waals surface area contributed by atoms with Crippen molar-refractivity contribution in [3.8, 4) is 0 Å². The van der Waals surface area contributed by atoms with Crippen LogP contribution in [0.1, 0.15) is 37.0 Å². The summed E-state index contributed by atoms with van der Waals surface area (Å²) >= 11 is 1.57. The van der Waals surface area contributed by atoms with Crippen LogP contribution in [0.5, 0.6) is 0 Å². The Balaban J connectivity index is 1.84. The van der Waals surface area contributed by atoms with Crippen molar-refractivity contribution in [1.82, 2.24) is 4.57 Å². The number of hydrogen-bond donors (Lipinski definition) is 0. The maximum atomic E-state index is 11.4. The van der Waals surface area contributed by atoms with Crippen LogP contribution in [-0.2, 0) is 6.54 Å². The molecule has 0 amide bonds. The van der Waals surface area contributed by atoms with Crippen LogP contribution in [0.3, 0.4) is 0 Å². The van der Waals surface area contributed by atoms with Gasteiger partial charge >= 0.3 is 5.69 Å². The molecule has 0 unspecified atom stereocenters. The zero-order valence-corrected chi connectivity index (χ0v) is 13.4. The summed E-state index contributed by atoms with van der Waals surface area (Å²) in [6, 6.07) is 5.70. The van der Waals surface area contributed by atoms with Gasteiger partial charge in [-0.1, -0.05) is 19.3 Å². The Labute approximate surface area is 134 Å². The average molecular weight is 319 g/mol. The molecule has 0 aromatic carbocycles. The monoisotopic (exact) mass is 319 g/mol. The molecule has 118 valence electrons. The third kappa shape index (κ3) is 3.50. The topological polar surface area (TPSA) is 51.3 Å².